The van der Waals surface area contributed by atoms with Gasteiger partial charge in [0.2, 0.25) is 16.9 Å². The highest BCUT2D eigenvalue weighted by Gasteiger charge is 2.42. The molecule has 8 aromatic carbocycles. The van der Waals surface area contributed by atoms with E-state index >= 15 is 0 Å². The Balaban J connectivity index is 1.07. The molecule has 0 aliphatic carbocycles. The van der Waals surface area contributed by atoms with Crippen molar-refractivity contribution in [3.63, 3.8) is 0 Å². The van der Waals surface area contributed by atoms with Crippen LogP contribution in [0.3, 0.4) is 0 Å². The van der Waals surface area contributed by atoms with Crippen molar-refractivity contribution in [2.45, 2.75) is 64.8 Å². The van der Waals surface area contributed by atoms with Crippen molar-refractivity contribution in [2.75, 3.05) is 0 Å². The molecule has 0 radical (unpaired) electrons. The second kappa shape index (κ2) is 19.4. The summed E-state index contributed by atoms with van der Waals surface area (Å²) in [7, 11) is 2.17. The fraction of sp³-hybridized carbons (Fsp3) is 0.162. The lowest BCUT2D eigenvalue weighted by Gasteiger charge is -2.25. The Bertz CT molecular complexity index is 3600. The lowest BCUT2D eigenvalue weighted by Crippen LogP contribution is -2.56. The van der Waals surface area contributed by atoms with Gasteiger partial charge in [-0.15, -0.1) is 0 Å². The standard InChI is InChI=1S/C68H60N2O/c1-5-8-20-47-31-35-61-62(39-47)59(46-68(6-2,7-3)70-64-30-18-16-26-51(64)34-36-65(61)70)41-54-33-32-53(45-63(54)66-60-29-17-15-25-50(60)37-38-69(66)4)52-27-19-28-55(40-52)67(71)58-43-56(48-21-11-9-12-22-48)42-57(44-58)49-23-13-10-14-24-49/h9-19,21-40,42-46H,5-8,20,41H2,1-4H3/q+2. The number of para-hydroxylation sites is 1. The van der Waals surface area contributed by atoms with Crippen LogP contribution in [0.2, 0.25) is 0 Å². The molecule has 1 aliphatic rings. The van der Waals surface area contributed by atoms with Gasteiger partial charge in [0.1, 0.15) is 7.05 Å². The summed E-state index contributed by atoms with van der Waals surface area (Å²) in [5, 5.41) is 3.66. The highest BCUT2D eigenvalue weighted by Crippen LogP contribution is 2.42. The van der Waals surface area contributed by atoms with E-state index in [2.05, 4.69) is 195 Å². The summed E-state index contributed by atoms with van der Waals surface area (Å²) in [5.74, 6) is -0.00152. The number of carbonyl (C=O) groups excluding carboxylic acids is 1. The molecule has 0 amide bonds. The van der Waals surface area contributed by atoms with Gasteiger partial charge < -0.3 is 0 Å². The van der Waals surface area contributed by atoms with E-state index in [0.29, 0.717) is 11.1 Å². The Hall–Kier alpha value is -8.01. The van der Waals surface area contributed by atoms with Crippen LogP contribution >= 0.6 is 0 Å². The second-order valence-electron chi connectivity index (χ2n) is 19.4. The van der Waals surface area contributed by atoms with E-state index in [4.69, 9.17) is 0 Å². The van der Waals surface area contributed by atoms with E-state index in [0.717, 1.165) is 71.9 Å². The van der Waals surface area contributed by atoms with Crippen LogP contribution in [0.5, 0.6) is 0 Å². The van der Waals surface area contributed by atoms with E-state index in [1.807, 2.05) is 60.7 Å². The molecule has 3 nitrogen and oxygen atoms in total. The quantitative estimate of drug-likeness (QED) is 0.0835. The van der Waals surface area contributed by atoms with E-state index in [9.17, 15) is 4.79 Å². The number of benzene rings is 8. The molecule has 0 fully saturated rings. The zero-order chi connectivity index (χ0) is 48.5. The van der Waals surface area contributed by atoms with Gasteiger partial charge in [-0.3, -0.25) is 4.79 Å². The van der Waals surface area contributed by atoms with Crippen molar-refractivity contribution in [1.29, 1.82) is 0 Å². The zero-order valence-corrected chi connectivity index (χ0v) is 41.3. The smallest absolute Gasteiger partial charge is 0.220 e. The highest BCUT2D eigenvalue weighted by atomic mass is 16.1. The average molecular weight is 921 g/mol. The lowest BCUT2D eigenvalue weighted by molar-refractivity contribution is -0.720. The Labute approximate surface area is 419 Å². The van der Waals surface area contributed by atoms with Crippen LogP contribution < -0.4 is 9.13 Å². The number of nitrogens with zero attached hydrogens (tertiary/aromatic N) is 2. The number of aryl methyl sites for hydroxylation is 2. The Morgan fingerprint density at radius 3 is 1.90 bits per heavy atom. The van der Waals surface area contributed by atoms with E-state index in [1.165, 1.54) is 66.5 Å². The third kappa shape index (κ3) is 8.61. The fourth-order valence-electron chi connectivity index (χ4n) is 11.2. The summed E-state index contributed by atoms with van der Waals surface area (Å²) in [6.45, 7) is 7.00. The number of ketones is 1. The molecule has 0 bridgehead atoms. The first-order chi connectivity index (χ1) is 34.8. The number of hydrogen-bond acceptors (Lipinski definition) is 1. The van der Waals surface area contributed by atoms with Crippen molar-refractivity contribution in [2.24, 2.45) is 7.05 Å². The number of hydrogen-bond donors (Lipinski definition) is 0. The largest absolute Gasteiger partial charge is 0.289 e. The van der Waals surface area contributed by atoms with Gasteiger partial charge in [0.25, 0.3) is 0 Å². The minimum absolute atomic E-state index is 0.00152. The third-order valence-electron chi connectivity index (χ3n) is 15.1. The van der Waals surface area contributed by atoms with Gasteiger partial charge in [0.15, 0.2) is 17.5 Å². The predicted molar refractivity (Wildman–Crippen MR) is 295 cm³/mol. The third-order valence-corrected chi connectivity index (χ3v) is 15.1. The van der Waals surface area contributed by atoms with Crippen LogP contribution in [0, 0.1) is 0 Å². The molecule has 3 heterocycles. The summed E-state index contributed by atoms with van der Waals surface area (Å²) < 4.78 is 4.94. The number of pyridine rings is 2. The zero-order valence-electron chi connectivity index (χ0n) is 41.3. The SMILES string of the molecule is CCCCc1ccc2c(c1)C(Cc1ccc(-c3cccc(C(=O)c4cc(-c5ccccc5)cc(-c5ccccc5)c4)c3)cc1-c1c3ccccc3cc[n+]1C)=CC(CC)(CC)[n+]1c-2ccc2ccccc21. The normalized spacial score (nSPS) is 12.8. The van der Waals surface area contributed by atoms with Gasteiger partial charge in [0.05, 0.1) is 16.5 Å². The highest BCUT2D eigenvalue weighted by molar-refractivity contribution is 6.11. The molecule has 3 heteroatoms. The number of allylic oxidation sites excluding steroid dienone is 2. The molecule has 11 rings (SSSR count). The minimum atomic E-state index is -0.256. The molecule has 346 valence electrons. The maximum atomic E-state index is 14.8. The molecule has 0 saturated heterocycles. The molecule has 0 saturated carbocycles. The van der Waals surface area contributed by atoms with Crippen LogP contribution in [0.15, 0.2) is 219 Å². The number of unbranched alkanes of at least 4 members (excludes halogenated alkanes) is 1. The maximum absolute atomic E-state index is 14.8. The van der Waals surface area contributed by atoms with E-state index in [-0.39, 0.29) is 11.3 Å². The Morgan fingerprint density at radius 2 is 1.17 bits per heavy atom. The van der Waals surface area contributed by atoms with Crippen molar-refractivity contribution in [3.8, 4) is 55.9 Å². The van der Waals surface area contributed by atoms with Crippen LogP contribution in [-0.4, -0.2) is 5.78 Å². The molecule has 0 unspecified atom stereocenters. The summed E-state index contributed by atoms with van der Waals surface area (Å²) in [5.41, 5.74) is 18.8. The Morgan fingerprint density at radius 1 is 0.507 bits per heavy atom. The van der Waals surface area contributed by atoms with E-state index in [1.54, 1.807) is 0 Å². The summed E-state index contributed by atoms with van der Waals surface area (Å²) in [6.07, 6.45) is 10.9. The molecule has 10 aromatic rings. The van der Waals surface area contributed by atoms with Gasteiger partial charge >= 0.3 is 0 Å². The maximum Gasteiger partial charge on any atom is 0.220 e. The van der Waals surface area contributed by atoms with Gasteiger partial charge in [-0.1, -0.05) is 161 Å². The van der Waals surface area contributed by atoms with Crippen molar-refractivity contribution < 1.29 is 13.9 Å². The summed E-state index contributed by atoms with van der Waals surface area (Å²) in [4.78, 5) is 14.8. The van der Waals surface area contributed by atoms with Crippen LogP contribution in [0.25, 0.3) is 83.1 Å². The number of aromatic nitrogens is 2. The average Bonchev–Trinajstić information content (AvgIpc) is 3.55. The van der Waals surface area contributed by atoms with Crippen molar-refractivity contribution in [1.82, 2.24) is 0 Å². The minimum Gasteiger partial charge on any atom is -0.289 e. The summed E-state index contributed by atoms with van der Waals surface area (Å²) >= 11 is 0. The second-order valence-corrected chi connectivity index (χ2v) is 19.4. The monoisotopic (exact) mass is 920 g/mol. The first-order valence-corrected chi connectivity index (χ1v) is 25.6. The Kier molecular flexibility index (Phi) is 12.4. The number of carbonyl (C=O) groups is 1. The molecule has 2 aromatic heterocycles. The molecule has 0 N–H and O–H groups in total. The van der Waals surface area contributed by atoms with Gasteiger partial charge in [0, 0.05) is 47.6 Å². The number of rotatable bonds is 13. The van der Waals surface area contributed by atoms with Crippen molar-refractivity contribution >= 4 is 33.0 Å². The molecule has 71 heavy (non-hydrogen) atoms. The topological polar surface area (TPSA) is 24.8 Å². The van der Waals surface area contributed by atoms with Crippen LogP contribution in [0.4, 0.5) is 0 Å². The summed E-state index contributed by atoms with van der Waals surface area (Å²) in [6, 6.07) is 74.0. The van der Waals surface area contributed by atoms with Crippen LogP contribution in [-0.2, 0) is 25.4 Å². The first-order valence-electron chi connectivity index (χ1n) is 25.6. The molecular weight excluding hydrogens is 861 g/mol. The lowest BCUT2D eigenvalue weighted by atomic mass is 9.84. The first kappa shape index (κ1) is 45.4. The van der Waals surface area contributed by atoms with Crippen molar-refractivity contribution in [3.05, 3.63) is 246 Å². The van der Waals surface area contributed by atoms with Gasteiger partial charge in [-0.2, -0.15) is 4.57 Å². The number of fused-ring (bicyclic) bond motifs is 6. The molecule has 1 aliphatic heterocycles. The molecule has 0 spiro atoms. The fourth-order valence-corrected chi connectivity index (χ4v) is 11.2. The predicted octanol–water partition coefficient (Wildman–Crippen LogP) is 16.2. The van der Waals surface area contributed by atoms with Gasteiger partial charge in [-0.05, 0) is 141 Å². The molecule has 0 atom stereocenters. The molecular formula is C68H60N2O+2. The van der Waals surface area contributed by atoms with Gasteiger partial charge in [-0.25, -0.2) is 4.57 Å². The van der Waals surface area contributed by atoms with E-state index < -0.39 is 0 Å². The van der Waals surface area contributed by atoms with Crippen LogP contribution in [0.1, 0.15) is 79.1 Å².